The van der Waals surface area contributed by atoms with Crippen LogP contribution in [-0.4, -0.2) is 54.4 Å². The van der Waals surface area contributed by atoms with E-state index in [1.54, 1.807) is 38.5 Å². The maximum atomic E-state index is 12.8. The number of carbonyl (C=O) groups excluding carboxylic acids is 1. The molecule has 9 nitrogen and oxygen atoms in total. The van der Waals surface area contributed by atoms with Gasteiger partial charge < -0.3 is 18.9 Å². The molecule has 2 aliphatic heterocycles. The van der Waals surface area contributed by atoms with Crippen LogP contribution < -0.4 is 18.9 Å². The number of benzene rings is 3. The Kier molecular flexibility index (Phi) is 7.93. The van der Waals surface area contributed by atoms with Crippen molar-refractivity contribution in [3.8, 4) is 23.0 Å². The number of ether oxygens (including phenoxy) is 4. The number of nitrogens with zero attached hydrogens (tertiary/aromatic N) is 3. The Hall–Kier alpha value is -4.57. The third-order valence-electron chi connectivity index (χ3n) is 5.86. The van der Waals surface area contributed by atoms with Gasteiger partial charge in [-0.25, -0.2) is 0 Å². The lowest BCUT2D eigenvalue weighted by molar-refractivity contribution is -0.114. The van der Waals surface area contributed by atoms with E-state index < -0.39 is 5.91 Å². The molecule has 0 saturated carbocycles. The standard InChI is InChI=1S/C29H26N4O5S/c1-35-21-9-11-22(12-10-21)37-14-15-38-24-13-8-20(17-25(24)36-2)16-23-27(30)33-29(31-28(23)34)39-26(32-33)18-19-6-4-3-5-7-19/h3-13,16-17,30H,14-15,18H2,1-2H3. The molecule has 1 amide bonds. The fraction of sp³-hybridized carbons (Fsp3) is 0.172. The Balaban J connectivity index is 1.24. The van der Waals surface area contributed by atoms with Crippen molar-refractivity contribution < 1.29 is 23.7 Å². The average molecular weight is 543 g/mol. The lowest BCUT2D eigenvalue weighted by Gasteiger charge is -2.20. The second kappa shape index (κ2) is 11.9. The van der Waals surface area contributed by atoms with Gasteiger partial charge in [-0.2, -0.15) is 15.1 Å². The van der Waals surface area contributed by atoms with Crippen LogP contribution in [0, 0.1) is 5.41 Å². The number of rotatable bonds is 10. The molecule has 0 aliphatic carbocycles. The summed E-state index contributed by atoms with van der Waals surface area (Å²) in [5.41, 5.74) is 1.91. The van der Waals surface area contributed by atoms with Gasteiger partial charge in [0.05, 0.1) is 19.8 Å². The van der Waals surface area contributed by atoms with Gasteiger partial charge >= 0.3 is 0 Å². The van der Waals surface area contributed by atoms with Crippen LogP contribution in [0.3, 0.4) is 0 Å². The van der Waals surface area contributed by atoms with E-state index in [1.807, 2.05) is 54.6 Å². The van der Waals surface area contributed by atoms with E-state index >= 15 is 0 Å². The SMILES string of the molecule is COc1ccc(OCCOc2ccc(C=C3C(=N)N4N=C(Cc5ccccc5)SC4=NC3=O)cc2OC)cc1. The minimum atomic E-state index is -0.482. The molecule has 3 aromatic rings. The summed E-state index contributed by atoms with van der Waals surface area (Å²) in [4.78, 5) is 17.0. The first-order valence-electron chi connectivity index (χ1n) is 12.1. The second-order valence-corrected chi connectivity index (χ2v) is 9.50. The molecule has 0 unspecified atom stereocenters. The molecule has 0 spiro atoms. The summed E-state index contributed by atoms with van der Waals surface area (Å²) in [7, 11) is 3.16. The van der Waals surface area contributed by atoms with Gasteiger partial charge in [0.15, 0.2) is 17.3 Å². The third-order valence-corrected chi connectivity index (χ3v) is 6.77. The van der Waals surface area contributed by atoms with Crippen molar-refractivity contribution in [3.05, 3.63) is 89.5 Å². The number of methoxy groups -OCH3 is 2. The van der Waals surface area contributed by atoms with E-state index in [1.165, 1.54) is 16.8 Å². The summed E-state index contributed by atoms with van der Waals surface area (Å²) < 4.78 is 22.2. The minimum absolute atomic E-state index is 0.0180. The van der Waals surface area contributed by atoms with E-state index in [2.05, 4.69) is 10.1 Å². The van der Waals surface area contributed by atoms with Crippen molar-refractivity contribution in [3.63, 3.8) is 0 Å². The van der Waals surface area contributed by atoms with Gasteiger partial charge in [0.2, 0.25) is 5.17 Å². The van der Waals surface area contributed by atoms with Gasteiger partial charge in [-0.3, -0.25) is 10.2 Å². The highest BCUT2D eigenvalue weighted by atomic mass is 32.2. The zero-order valence-corrected chi connectivity index (χ0v) is 22.2. The van der Waals surface area contributed by atoms with E-state index in [0.29, 0.717) is 47.6 Å². The van der Waals surface area contributed by atoms with Gasteiger partial charge in [0.1, 0.15) is 29.8 Å². The summed E-state index contributed by atoms with van der Waals surface area (Å²) in [5.74, 6) is 2.00. The molecule has 2 heterocycles. The van der Waals surface area contributed by atoms with Gasteiger partial charge in [-0.15, -0.1) is 0 Å². The van der Waals surface area contributed by atoms with E-state index in [-0.39, 0.29) is 11.4 Å². The Labute approximate surface area is 230 Å². The second-order valence-electron chi connectivity index (χ2n) is 8.46. The smallest absolute Gasteiger partial charge is 0.283 e. The van der Waals surface area contributed by atoms with Crippen molar-refractivity contribution in [2.24, 2.45) is 10.1 Å². The predicted octanol–water partition coefficient (Wildman–Crippen LogP) is 5.02. The highest BCUT2D eigenvalue weighted by Gasteiger charge is 2.35. The number of hydrogen-bond acceptors (Lipinski definition) is 8. The average Bonchev–Trinajstić information content (AvgIpc) is 3.36. The molecule has 0 saturated heterocycles. The number of carbonyl (C=O) groups is 1. The van der Waals surface area contributed by atoms with Crippen LogP contribution in [0.25, 0.3) is 6.08 Å². The lowest BCUT2D eigenvalue weighted by Crippen LogP contribution is -2.35. The van der Waals surface area contributed by atoms with Crippen molar-refractivity contribution in [2.75, 3.05) is 27.4 Å². The number of hydrazone groups is 1. The van der Waals surface area contributed by atoms with Crippen LogP contribution >= 0.6 is 11.8 Å². The van der Waals surface area contributed by atoms with Crippen LogP contribution in [0.2, 0.25) is 0 Å². The topological polar surface area (TPSA) is 106 Å². The highest BCUT2D eigenvalue weighted by molar-refractivity contribution is 8.26. The zero-order chi connectivity index (χ0) is 27.2. The van der Waals surface area contributed by atoms with Crippen molar-refractivity contribution in [1.82, 2.24) is 5.01 Å². The van der Waals surface area contributed by atoms with Gasteiger partial charge in [-0.05, 0) is 65.4 Å². The third kappa shape index (κ3) is 6.12. The van der Waals surface area contributed by atoms with Crippen LogP contribution in [0.15, 0.2) is 88.5 Å². The molecular weight excluding hydrogens is 516 g/mol. The van der Waals surface area contributed by atoms with Crippen molar-refractivity contribution >= 4 is 39.8 Å². The largest absolute Gasteiger partial charge is 0.497 e. The van der Waals surface area contributed by atoms with E-state index in [9.17, 15) is 4.79 Å². The molecule has 3 aromatic carbocycles. The summed E-state index contributed by atoms with van der Waals surface area (Å²) >= 11 is 1.31. The Morgan fingerprint density at radius 1 is 0.897 bits per heavy atom. The molecule has 1 N–H and O–H groups in total. The number of aliphatic imine (C=N–C) groups is 1. The molecule has 5 rings (SSSR count). The first-order chi connectivity index (χ1) is 19.0. The van der Waals surface area contributed by atoms with Crippen LogP contribution in [0.1, 0.15) is 11.1 Å². The number of hydrogen-bond donors (Lipinski definition) is 1. The van der Waals surface area contributed by atoms with E-state index in [0.717, 1.165) is 16.4 Å². The first kappa shape index (κ1) is 26.1. The normalized spacial score (nSPS) is 15.5. The number of nitrogens with one attached hydrogen (secondary N) is 1. The molecule has 10 heteroatoms. The quantitative estimate of drug-likeness (QED) is 0.283. The van der Waals surface area contributed by atoms with Crippen LogP contribution in [0.5, 0.6) is 23.0 Å². The predicted molar refractivity (Wildman–Crippen MR) is 152 cm³/mol. The molecule has 2 aliphatic rings. The monoisotopic (exact) mass is 542 g/mol. The molecule has 0 atom stereocenters. The molecular formula is C29H26N4O5S. The summed E-state index contributed by atoms with van der Waals surface area (Å²) in [6.45, 7) is 0.646. The Morgan fingerprint density at radius 3 is 2.38 bits per heavy atom. The van der Waals surface area contributed by atoms with E-state index in [4.69, 9.17) is 24.4 Å². The van der Waals surface area contributed by atoms with Crippen LogP contribution in [-0.2, 0) is 11.2 Å². The number of thioether (sulfide) groups is 1. The lowest BCUT2D eigenvalue weighted by atomic mass is 10.1. The van der Waals surface area contributed by atoms with Crippen molar-refractivity contribution in [1.29, 1.82) is 5.41 Å². The summed E-state index contributed by atoms with van der Waals surface area (Å²) in [5, 5.41) is 15.7. The molecule has 0 bridgehead atoms. The summed E-state index contributed by atoms with van der Waals surface area (Å²) in [6, 6.07) is 22.5. The van der Waals surface area contributed by atoms with Crippen LogP contribution in [0.4, 0.5) is 0 Å². The Morgan fingerprint density at radius 2 is 1.64 bits per heavy atom. The zero-order valence-electron chi connectivity index (χ0n) is 21.4. The number of amides is 1. The fourth-order valence-electron chi connectivity index (χ4n) is 3.92. The number of fused-ring (bicyclic) bond motifs is 1. The molecule has 0 radical (unpaired) electrons. The molecule has 0 aromatic heterocycles. The molecule has 198 valence electrons. The maximum absolute atomic E-state index is 12.8. The Bertz CT molecular complexity index is 1470. The summed E-state index contributed by atoms with van der Waals surface area (Å²) in [6.07, 6.45) is 2.21. The fourth-order valence-corrected chi connectivity index (χ4v) is 4.84. The molecule has 39 heavy (non-hydrogen) atoms. The maximum Gasteiger partial charge on any atom is 0.283 e. The van der Waals surface area contributed by atoms with Crippen molar-refractivity contribution in [2.45, 2.75) is 6.42 Å². The molecule has 0 fully saturated rings. The number of amidine groups is 2. The minimum Gasteiger partial charge on any atom is -0.497 e. The highest BCUT2D eigenvalue weighted by Crippen LogP contribution is 2.32. The first-order valence-corrected chi connectivity index (χ1v) is 13.0. The van der Waals surface area contributed by atoms with Gasteiger partial charge in [0, 0.05) is 6.42 Å². The van der Waals surface area contributed by atoms with Gasteiger partial charge in [-0.1, -0.05) is 36.4 Å². The van der Waals surface area contributed by atoms with Gasteiger partial charge in [0.25, 0.3) is 5.91 Å².